The first-order valence-electron chi connectivity index (χ1n) is 11.2. The van der Waals surface area contributed by atoms with Gasteiger partial charge in [0.2, 0.25) is 5.91 Å². The van der Waals surface area contributed by atoms with Crippen molar-refractivity contribution in [3.63, 3.8) is 0 Å². The summed E-state index contributed by atoms with van der Waals surface area (Å²) in [7, 11) is -2.85. The molecule has 3 aromatic rings. The number of alkyl halides is 3. The van der Waals surface area contributed by atoms with E-state index in [1.165, 1.54) is 24.2 Å². The maximum atomic E-state index is 14.3. The van der Waals surface area contributed by atoms with E-state index in [4.69, 9.17) is 5.73 Å². The first-order valence-corrected chi connectivity index (χ1v) is 12.8. The number of nitrogens with zero attached hydrogens (tertiary/aromatic N) is 3. The number of carbonyl (C=O) groups excluding carboxylic acids is 1. The van der Waals surface area contributed by atoms with Crippen molar-refractivity contribution in [2.24, 2.45) is 5.73 Å². The van der Waals surface area contributed by atoms with Gasteiger partial charge in [-0.3, -0.25) is 14.7 Å². The van der Waals surface area contributed by atoms with Crippen molar-refractivity contribution in [1.29, 1.82) is 0 Å². The van der Waals surface area contributed by atoms with Crippen LogP contribution < -0.4 is 11.1 Å². The molecule has 3 N–H and O–H groups in total. The van der Waals surface area contributed by atoms with Gasteiger partial charge in [0.15, 0.2) is 9.84 Å². The number of nitrogens with one attached hydrogen (secondary N) is 1. The lowest BCUT2D eigenvalue weighted by molar-refractivity contribution is -0.141. The monoisotopic (exact) mass is 555 g/mol. The molecule has 4 rings (SSSR count). The van der Waals surface area contributed by atoms with Crippen LogP contribution in [-0.4, -0.2) is 54.1 Å². The van der Waals surface area contributed by atoms with Crippen LogP contribution in [0.2, 0.25) is 0 Å². The molecule has 8 nitrogen and oxygen atoms in total. The van der Waals surface area contributed by atoms with E-state index < -0.39 is 55.4 Å². The molecule has 2 aromatic heterocycles. The number of rotatable bonds is 7. The Labute approximate surface area is 214 Å². The normalized spacial score (nSPS) is 18.5. The predicted molar refractivity (Wildman–Crippen MR) is 127 cm³/mol. The van der Waals surface area contributed by atoms with Gasteiger partial charge < -0.3 is 11.1 Å². The molecular formula is C24H22F5N5O3S. The van der Waals surface area contributed by atoms with Crippen LogP contribution in [0.1, 0.15) is 17.7 Å². The maximum Gasteiger partial charge on any atom is 0.433 e. The number of likely N-dealkylation sites (tertiary alicyclic amines) is 1. The summed E-state index contributed by atoms with van der Waals surface area (Å²) in [5.41, 5.74) is 5.60. The van der Waals surface area contributed by atoms with Gasteiger partial charge in [-0.2, -0.15) is 13.2 Å². The minimum Gasteiger partial charge on any atom is -0.373 e. The van der Waals surface area contributed by atoms with Crippen LogP contribution in [0.15, 0.2) is 53.6 Å². The number of benzene rings is 1. The minimum atomic E-state index is -4.63. The molecule has 202 valence electrons. The van der Waals surface area contributed by atoms with Gasteiger partial charge in [-0.05, 0) is 48.4 Å². The molecule has 38 heavy (non-hydrogen) atoms. The van der Waals surface area contributed by atoms with Gasteiger partial charge >= 0.3 is 6.18 Å². The molecule has 0 radical (unpaired) electrons. The molecule has 1 fully saturated rings. The lowest BCUT2D eigenvalue weighted by atomic mass is 10.1. The van der Waals surface area contributed by atoms with Crippen LogP contribution in [0.5, 0.6) is 0 Å². The Balaban J connectivity index is 1.61. The Morgan fingerprint density at radius 1 is 1.16 bits per heavy atom. The van der Waals surface area contributed by atoms with Crippen LogP contribution in [0.4, 0.5) is 27.8 Å². The number of halogens is 5. The second kappa shape index (κ2) is 10.3. The van der Waals surface area contributed by atoms with Crippen molar-refractivity contribution in [2.75, 3.05) is 18.9 Å². The summed E-state index contributed by atoms with van der Waals surface area (Å²) in [4.78, 5) is 20.8. The molecule has 1 aliphatic rings. The van der Waals surface area contributed by atoms with Gasteiger partial charge in [0.1, 0.15) is 28.0 Å². The van der Waals surface area contributed by atoms with Gasteiger partial charge in [-0.25, -0.2) is 22.2 Å². The summed E-state index contributed by atoms with van der Waals surface area (Å²) in [6.45, 7) is -0.113. The molecule has 0 bridgehead atoms. The zero-order chi connectivity index (χ0) is 27.8. The van der Waals surface area contributed by atoms with Gasteiger partial charge in [0, 0.05) is 38.0 Å². The largest absolute Gasteiger partial charge is 0.433 e. The lowest BCUT2D eigenvalue weighted by Gasteiger charge is -2.22. The summed E-state index contributed by atoms with van der Waals surface area (Å²) in [5, 5.41) is 1.44. The Morgan fingerprint density at radius 2 is 1.89 bits per heavy atom. The van der Waals surface area contributed by atoms with Crippen LogP contribution in [-0.2, 0) is 27.4 Å². The zero-order valence-corrected chi connectivity index (χ0v) is 20.7. The van der Waals surface area contributed by atoms with Crippen LogP contribution in [0.3, 0.4) is 0 Å². The van der Waals surface area contributed by atoms with Crippen molar-refractivity contribution in [3.8, 4) is 11.3 Å². The molecule has 2 unspecified atom stereocenters. The van der Waals surface area contributed by atoms with E-state index in [0.717, 1.165) is 18.2 Å². The summed E-state index contributed by atoms with van der Waals surface area (Å²) >= 11 is 0. The Hall–Kier alpha value is -3.65. The second-order valence-electron chi connectivity index (χ2n) is 8.71. The number of primary amides is 1. The number of anilines is 1. The van der Waals surface area contributed by atoms with E-state index in [-0.39, 0.29) is 25.3 Å². The molecule has 1 amide bonds. The van der Waals surface area contributed by atoms with Crippen molar-refractivity contribution in [3.05, 3.63) is 71.6 Å². The molecule has 1 aromatic carbocycles. The van der Waals surface area contributed by atoms with E-state index in [9.17, 15) is 35.2 Å². The van der Waals surface area contributed by atoms with E-state index in [1.807, 2.05) is 0 Å². The first kappa shape index (κ1) is 27.4. The highest BCUT2D eigenvalue weighted by atomic mass is 32.2. The van der Waals surface area contributed by atoms with Crippen molar-refractivity contribution < 1.29 is 35.2 Å². The average Bonchev–Trinajstić information content (AvgIpc) is 3.28. The smallest absolute Gasteiger partial charge is 0.373 e. The summed E-state index contributed by atoms with van der Waals surface area (Å²) < 4.78 is 92.9. The number of carbonyl (C=O) groups is 1. The quantitative estimate of drug-likeness (QED) is 0.339. The molecule has 2 atom stereocenters. The SMILES string of the molecule is CNc1nc(C(F)(F)F)ccc1-c1cc(CN2CC(S(=O)(=O)c3ccc(F)cc3F)CC2C(N)=O)ccn1. The lowest BCUT2D eigenvalue weighted by Crippen LogP contribution is -2.39. The van der Waals surface area contributed by atoms with Gasteiger partial charge in [-0.15, -0.1) is 0 Å². The number of aromatic nitrogens is 2. The molecule has 3 heterocycles. The van der Waals surface area contributed by atoms with Crippen molar-refractivity contribution in [2.45, 2.75) is 35.3 Å². The highest BCUT2D eigenvalue weighted by Crippen LogP contribution is 2.34. The topological polar surface area (TPSA) is 118 Å². The van der Waals surface area contributed by atoms with Crippen molar-refractivity contribution >= 4 is 21.6 Å². The van der Waals surface area contributed by atoms with E-state index in [1.54, 1.807) is 12.1 Å². The van der Waals surface area contributed by atoms with Crippen molar-refractivity contribution in [1.82, 2.24) is 14.9 Å². The Kier molecular flexibility index (Phi) is 7.39. The summed E-state index contributed by atoms with van der Waals surface area (Å²) in [6, 6.07) is 6.39. The first-order chi connectivity index (χ1) is 17.8. The van der Waals surface area contributed by atoms with Crippen LogP contribution >= 0.6 is 0 Å². The molecular weight excluding hydrogens is 533 g/mol. The number of hydrogen-bond donors (Lipinski definition) is 2. The number of hydrogen-bond acceptors (Lipinski definition) is 7. The second-order valence-corrected chi connectivity index (χ2v) is 10.9. The van der Waals surface area contributed by atoms with Gasteiger partial charge in [0.25, 0.3) is 0 Å². The van der Waals surface area contributed by atoms with Crippen LogP contribution in [0.25, 0.3) is 11.3 Å². The summed E-state index contributed by atoms with van der Waals surface area (Å²) in [6.07, 6.45) is -3.41. The van der Waals surface area contributed by atoms with E-state index >= 15 is 0 Å². The molecule has 0 aliphatic carbocycles. The number of nitrogens with two attached hydrogens (primary N) is 1. The van der Waals surface area contributed by atoms with Gasteiger partial charge in [0.05, 0.1) is 17.0 Å². The molecule has 1 saturated heterocycles. The van der Waals surface area contributed by atoms with E-state index in [0.29, 0.717) is 22.9 Å². The fourth-order valence-corrected chi connectivity index (χ4v) is 6.18. The highest BCUT2D eigenvalue weighted by molar-refractivity contribution is 7.92. The molecule has 1 aliphatic heterocycles. The number of amides is 1. The third-order valence-electron chi connectivity index (χ3n) is 6.24. The Morgan fingerprint density at radius 3 is 2.53 bits per heavy atom. The minimum absolute atomic E-state index is 0.0456. The molecule has 14 heteroatoms. The molecule has 0 spiro atoms. The predicted octanol–water partition coefficient (Wildman–Crippen LogP) is 3.38. The number of pyridine rings is 2. The highest BCUT2D eigenvalue weighted by Gasteiger charge is 2.43. The fourth-order valence-electron chi connectivity index (χ4n) is 4.41. The molecule has 0 saturated carbocycles. The third-order valence-corrected chi connectivity index (χ3v) is 8.40. The van der Waals surface area contributed by atoms with Gasteiger partial charge in [-0.1, -0.05) is 0 Å². The van der Waals surface area contributed by atoms with E-state index in [2.05, 4.69) is 15.3 Å². The standard InChI is InChI=1S/C24H22F5N5O3S/c1-31-23-16(3-5-21(33-23)24(27,28)29)18-8-13(6-7-32-18)11-34-12-15(10-19(34)22(30)35)38(36,37)20-4-2-14(25)9-17(20)26/h2-9,15,19H,10-12H2,1H3,(H2,30,35)(H,31,33). The zero-order valence-electron chi connectivity index (χ0n) is 19.8. The summed E-state index contributed by atoms with van der Waals surface area (Å²) in [5.74, 6) is -2.99. The number of sulfone groups is 1. The fraction of sp³-hybridized carbons (Fsp3) is 0.292. The third kappa shape index (κ3) is 5.45. The van der Waals surface area contributed by atoms with Crippen LogP contribution in [0, 0.1) is 11.6 Å². The Bertz CT molecular complexity index is 1480. The average molecular weight is 556 g/mol. The maximum absolute atomic E-state index is 14.3.